The van der Waals surface area contributed by atoms with Crippen molar-refractivity contribution in [3.8, 4) is 80.1 Å². The van der Waals surface area contributed by atoms with E-state index in [4.69, 9.17) is 43.1 Å². The van der Waals surface area contributed by atoms with Crippen molar-refractivity contribution in [3.63, 3.8) is 0 Å². The first kappa shape index (κ1) is 71.2. The van der Waals surface area contributed by atoms with Gasteiger partial charge in [0.15, 0.2) is 23.0 Å². The highest BCUT2D eigenvalue weighted by Gasteiger charge is 2.42. The van der Waals surface area contributed by atoms with Crippen molar-refractivity contribution in [2.24, 2.45) is 5.73 Å². The quantitative estimate of drug-likeness (QED) is 0.112. The van der Waals surface area contributed by atoms with Crippen LogP contribution in [0.3, 0.4) is 0 Å². The summed E-state index contributed by atoms with van der Waals surface area (Å²) in [6, 6.07) is 9.52. The maximum atomic E-state index is 16.0. The number of aliphatic hydroxyl groups excluding tert-OH is 1. The standard InChI is InChI=1S/C70H73Cl2N13O17/c71-44-21-33-1-7-50(44)101-53-28-38-29-54(63(53)92)102-51-8-4-36(26-45(51)72)62(91)61-69(98)83-60(70(99)85-19-17-77-15-13-75-11-9-74-10-12-76-14-16-78-18-20-85)43-31-40(87)32-49(90)55(43)42-25-35(3-5-47(42)88)57(66(95)84-61)81-68(97)59(38)82-67(96)58-37-23-39(86)30-41(24-37)100-52-27-34(2-6-48(52)89)56(73)65(94)79-46(22-33)64(93)80-58/h1-8,21,23-32,46,56-62,74-78,86-92H,9-20,22,73H2,(H,79,94)(H,80,93)(H,81,97)(H,82,96)(H,83,98)(H,84,95)/t46-,56-,57-,58+,59-,60+,61+,62-/m1/s1. The Morgan fingerprint density at radius 1 is 0.451 bits per heavy atom. The van der Waals surface area contributed by atoms with Gasteiger partial charge in [0.2, 0.25) is 47.1 Å². The van der Waals surface area contributed by atoms with Gasteiger partial charge in [0, 0.05) is 108 Å². The number of carbonyl (C=O) groups is 7. The van der Waals surface area contributed by atoms with E-state index in [1.54, 1.807) is 0 Å². The van der Waals surface area contributed by atoms with Crippen molar-refractivity contribution in [2.75, 3.05) is 78.5 Å². The molecule has 7 aliphatic heterocycles. The van der Waals surface area contributed by atoms with E-state index >= 15 is 28.8 Å². The molecule has 7 amide bonds. The lowest BCUT2D eigenvalue weighted by Crippen LogP contribution is -2.56. The number of nitrogens with two attached hydrogens (primary N) is 1. The molecule has 0 radical (unpaired) electrons. The van der Waals surface area contributed by atoms with Gasteiger partial charge in [-0.05, 0) is 118 Å². The number of halogens is 2. The van der Waals surface area contributed by atoms with Crippen LogP contribution in [-0.4, -0.2) is 173 Å². The molecule has 102 heavy (non-hydrogen) atoms. The Kier molecular flexibility index (Phi) is 21.7. The van der Waals surface area contributed by atoms with Gasteiger partial charge in [-0.3, -0.25) is 33.6 Å². The van der Waals surface area contributed by atoms with Crippen molar-refractivity contribution in [1.82, 2.24) is 63.4 Å². The van der Waals surface area contributed by atoms with Crippen LogP contribution in [0.4, 0.5) is 0 Å². The topological polar surface area (TPSA) is 450 Å². The smallest absolute Gasteiger partial charge is 0.249 e. The first-order valence-electron chi connectivity index (χ1n) is 32.7. The van der Waals surface area contributed by atoms with E-state index in [1.165, 1.54) is 77.7 Å². The highest BCUT2D eigenvalue weighted by atomic mass is 35.5. The number of carbonyl (C=O) groups excluding carboxylic acids is 7. The van der Waals surface area contributed by atoms with Gasteiger partial charge in [0.25, 0.3) is 0 Å². The maximum absolute atomic E-state index is 16.0. The summed E-state index contributed by atoms with van der Waals surface area (Å²) in [6.07, 6.45) is -2.44. The van der Waals surface area contributed by atoms with Crippen LogP contribution in [0.1, 0.15) is 75.3 Å². The maximum Gasteiger partial charge on any atom is 0.249 e. The SMILES string of the molecule is N[C@H]1C(=O)N[C@@H]2Cc3ccc(c(Cl)c3)Oc3cc4cc(c3O)Oc3ccc(cc3Cl)[C@@H](O)[C@@H]3NC(=O)[C@H](NC(=O)[C@@H]4NC(=O)[C@@H](NC2=O)c2cc(O)cc(c2)Oc2cc1ccc2O)c1ccc(O)c(c1)-c1c(O)cc(O)cc1[C@@H](C(=O)N1CCNCCNCCNCCNCCNCC1)NC3=O. The molecule has 14 rings (SSSR count). The minimum absolute atomic E-state index is 0.0438. The molecule has 1 saturated heterocycles. The Bertz CT molecular complexity index is 4420. The van der Waals surface area contributed by atoms with Gasteiger partial charge >= 0.3 is 0 Å². The monoisotopic (exact) mass is 1440 g/mol. The van der Waals surface area contributed by atoms with E-state index in [2.05, 4.69) is 58.5 Å². The van der Waals surface area contributed by atoms with Crippen molar-refractivity contribution >= 4 is 64.6 Å². The summed E-state index contributed by atoms with van der Waals surface area (Å²) < 4.78 is 18.7. The summed E-state index contributed by atoms with van der Waals surface area (Å²) in [6.45, 7) is 5.67. The van der Waals surface area contributed by atoms with Gasteiger partial charge < -0.3 is 119 Å². The molecule has 7 heterocycles. The summed E-state index contributed by atoms with van der Waals surface area (Å²) in [5.41, 5.74) is 5.09. The Morgan fingerprint density at radius 2 is 0.980 bits per heavy atom. The number of hydrogen-bond donors (Lipinski definition) is 19. The minimum atomic E-state index is -2.17. The molecule has 7 aliphatic rings. The Labute approximate surface area is 592 Å². The van der Waals surface area contributed by atoms with E-state index in [0.29, 0.717) is 44.8 Å². The van der Waals surface area contributed by atoms with Crippen LogP contribution in [0.15, 0.2) is 115 Å². The second-order valence-corrected chi connectivity index (χ2v) is 25.6. The summed E-state index contributed by atoms with van der Waals surface area (Å²) in [5.74, 6) is -13.3. The Hall–Kier alpha value is -10.7. The third-order valence-corrected chi connectivity index (χ3v) is 18.4. The highest BCUT2D eigenvalue weighted by molar-refractivity contribution is 6.32. The number of phenolic OH excluding ortho intramolecular Hbond substituents is 6. The molecule has 0 aliphatic carbocycles. The van der Waals surface area contributed by atoms with Gasteiger partial charge in [0.1, 0.15) is 88.6 Å². The zero-order valence-electron chi connectivity index (χ0n) is 54.3. The molecule has 20 N–H and O–H groups in total. The van der Waals surface area contributed by atoms with Crippen LogP contribution < -0.4 is 78.4 Å². The number of phenols is 6. The number of nitrogens with zero attached hydrogens (tertiary/aromatic N) is 1. The number of nitrogens with one attached hydrogen (secondary N) is 11. The van der Waals surface area contributed by atoms with Crippen LogP contribution in [0.2, 0.25) is 10.0 Å². The molecule has 0 unspecified atom stereocenters. The summed E-state index contributed by atoms with van der Waals surface area (Å²) in [7, 11) is 0. The number of ether oxygens (including phenoxy) is 3. The van der Waals surface area contributed by atoms with Crippen LogP contribution >= 0.6 is 23.2 Å². The van der Waals surface area contributed by atoms with E-state index in [9.17, 15) is 40.5 Å². The molecular formula is C70H73Cl2N13O17. The fourth-order valence-corrected chi connectivity index (χ4v) is 13.0. The average Bonchev–Trinajstić information content (AvgIpc) is 0.764. The number of aliphatic hydroxyl groups is 1. The highest BCUT2D eigenvalue weighted by Crippen LogP contribution is 2.48. The first-order valence-corrected chi connectivity index (χ1v) is 33.4. The molecule has 1 fully saturated rings. The predicted octanol–water partition coefficient (Wildman–Crippen LogP) is 2.69. The van der Waals surface area contributed by atoms with Crippen LogP contribution in [-0.2, 0) is 40.0 Å². The molecule has 32 heteroatoms. The zero-order chi connectivity index (χ0) is 72.0. The van der Waals surface area contributed by atoms with Crippen molar-refractivity contribution in [2.45, 2.75) is 54.8 Å². The van der Waals surface area contributed by atoms with E-state index in [1.807, 2.05) is 0 Å². The molecule has 0 spiro atoms. The first-order chi connectivity index (χ1) is 49.0. The molecule has 7 aromatic rings. The molecule has 8 atom stereocenters. The third kappa shape index (κ3) is 15.9. The second-order valence-electron chi connectivity index (χ2n) is 24.8. The van der Waals surface area contributed by atoms with Crippen molar-refractivity contribution in [3.05, 3.63) is 164 Å². The summed E-state index contributed by atoms with van der Waals surface area (Å²) in [4.78, 5) is 109. The number of fused-ring (bicyclic) bond motifs is 14. The normalized spacial score (nSPS) is 22.7. The number of hydrogen-bond acceptors (Lipinski definition) is 23. The van der Waals surface area contributed by atoms with Crippen molar-refractivity contribution < 1.29 is 83.5 Å². The van der Waals surface area contributed by atoms with Crippen LogP contribution in [0, 0.1) is 0 Å². The molecule has 534 valence electrons. The van der Waals surface area contributed by atoms with Crippen molar-refractivity contribution in [1.29, 1.82) is 0 Å². The lowest BCUT2D eigenvalue weighted by atomic mass is 9.89. The third-order valence-electron chi connectivity index (χ3n) is 17.8. The summed E-state index contributed by atoms with van der Waals surface area (Å²) in [5, 5.41) is 115. The number of rotatable bonds is 1. The molecule has 17 bridgehead atoms. The minimum Gasteiger partial charge on any atom is -0.508 e. The summed E-state index contributed by atoms with van der Waals surface area (Å²) >= 11 is 13.9. The zero-order valence-corrected chi connectivity index (χ0v) is 55.8. The lowest BCUT2D eigenvalue weighted by molar-refractivity contribution is -0.139. The number of aromatic hydroxyl groups is 6. The van der Waals surface area contributed by atoms with Gasteiger partial charge in [-0.1, -0.05) is 47.5 Å². The van der Waals surface area contributed by atoms with Gasteiger partial charge in [-0.25, -0.2) is 0 Å². The Balaban J connectivity index is 1.02. The fourth-order valence-electron chi connectivity index (χ4n) is 12.5. The molecule has 0 saturated carbocycles. The lowest BCUT2D eigenvalue weighted by Gasteiger charge is -2.33. The second kappa shape index (κ2) is 31.1. The van der Waals surface area contributed by atoms with Gasteiger partial charge in [-0.2, -0.15) is 0 Å². The fraction of sp³-hybridized carbons (Fsp3) is 0.300. The van der Waals surface area contributed by atoms with Crippen LogP contribution in [0.25, 0.3) is 11.1 Å². The molecule has 0 aromatic heterocycles. The van der Waals surface area contributed by atoms with Crippen LogP contribution in [0.5, 0.6) is 69.0 Å². The average molecular weight is 1440 g/mol. The van der Waals surface area contributed by atoms with Gasteiger partial charge in [0.05, 0.1) is 10.0 Å². The predicted molar refractivity (Wildman–Crippen MR) is 368 cm³/mol. The van der Waals surface area contributed by atoms with Gasteiger partial charge in [-0.15, -0.1) is 0 Å². The number of benzene rings is 7. The Morgan fingerprint density at radius 3 is 1.61 bits per heavy atom. The number of amides is 7. The molecule has 7 aromatic carbocycles. The molecular weight excluding hydrogens is 1370 g/mol. The molecule has 30 nitrogen and oxygen atoms in total. The largest absolute Gasteiger partial charge is 0.508 e. The van der Waals surface area contributed by atoms with E-state index < -0.39 is 136 Å². The van der Waals surface area contributed by atoms with E-state index in [-0.39, 0.29) is 110 Å². The van der Waals surface area contributed by atoms with E-state index in [0.717, 1.165) is 55.6 Å².